The maximum absolute atomic E-state index is 14.8. The Morgan fingerprint density at radius 1 is 0.967 bits per heavy atom. The Morgan fingerprint density at radius 3 is 2.40 bits per heavy atom. The van der Waals surface area contributed by atoms with E-state index in [4.69, 9.17) is 0 Å². The van der Waals surface area contributed by atoms with Crippen molar-refractivity contribution in [2.45, 2.75) is 39.8 Å². The molecule has 2 heterocycles. The molecule has 3 aromatic rings. The van der Waals surface area contributed by atoms with Crippen LogP contribution < -0.4 is 4.90 Å². The summed E-state index contributed by atoms with van der Waals surface area (Å²) in [5, 5.41) is 12.4. The van der Waals surface area contributed by atoms with Crippen LogP contribution in [-0.2, 0) is 0 Å². The van der Waals surface area contributed by atoms with Crippen molar-refractivity contribution < 1.29 is 4.39 Å². The highest BCUT2D eigenvalue weighted by Crippen LogP contribution is 2.32. The molecule has 1 aromatic heterocycles. The zero-order valence-electron chi connectivity index (χ0n) is 18.1. The molecule has 0 N–H and O–H groups in total. The zero-order chi connectivity index (χ0) is 21.3. The SMILES string of the molecule is Cc1ccc(C)c(N2CCN(C(c3ccccc3F)c3nnnn3C(C)C)CC2)c1. The summed E-state index contributed by atoms with van der Waals surface area (Å²) in [6.45, 7) is 11.7. The number of nitrogens with zero attached hydrogens (tertiary/aromatic N) is 6. The summed E-state index contributed by atoms with van der Waals surface area (Å²) in [7, 11) is 0. The first-order valence-electron chi connectivity index (χ1n) is 10.5. The van der Waals surface area contributed by atoms with Gasteiger partial charge in [-0.1, -0.05) is 30.3 Å². The van der Waals surface area contributed by atoms with E-state index in [0.29, 0.717) is 11.4 Å². The van der Waals surface area contributed by atoms with E-state index >= 15 is 0 Å². The van der Waals surface area contributed by atoms with Crippen molar-refractivity contribution in [3.05, 3.63) is 70.8 Å². The van der Waals surface area contributed by atoms with Gasteiger partial charge in [-0.2, -0.15) is 0 Å². The number of benzene rings is 2. The Morgan fingerprint density at radius 2 is 1.70 bits per heavy atom. The number of aryl methyl sites for hydroxylation is 2. The van der Waals surface area contributed by atoms with Gasteiger partial charge in [-0.3, -0.25) is 4.90 Å². The molecule has 0 aliphatic carbocycles. The first kappa shape index (κ1) is 20.5. The summed E-state index contributed by atoms with van der Waals surface area (Å²) < 4.78 is 16.6. The van der Waals surface area contributed by atoms with Crippen LogP contribution in [-0.4, -0.2) is 51.3 Å². The lowest BCUT2D eigenvalue weighted by Crippen LogP contribution is -2.48. The average molecular weight is 409 g/mol. The molecule has 0 radical (unpaired) electrons. The van der Waals surface area contributed by atoms with Gasteiger partial charge >= 0.3 is 0 Å². The van der Waals surface area contributed by atoms with Crippen molar-refractivity contribution in [1.29, 1.82) is 0 Å². The van der Waals surface area contributed by atoms with Crippen LogP contribution in [0.5, 0.6) is 0 Å². The first-order valence-corrected chi connectivity index (χ1v) is 10.5. The van der Waals surface area contributed by atoms with Crippen LogP contribution in [0.2, 0.25) is 0 Å². The Labute approximate surface area is 177 Å². The minimum atomic E-state index is -0.315. The van der Waals surface area contributed by atoms with Gasteiger partial charge in [0.15, 0.2) is 5.82 Å². The maximum Gasteiger partial charge on any atom is 0.173 e. The molecule has 0 bridgehead atoms. The second-order valence-electron chi connectivity index (χ2n) is 8.31. The predicted octanol–water partition coefficient (Wildman–Crippen LogP) is 3.92. The van der Waals surface area contributed by atoms with Gasteiger partial charge in [0.1, 0.15) is 11.9 Å². The summed E-state index contributed by atoms with van der Waals surface area (Å²) >= 11 is 0. The van der Waals surface area contributed by atoms with Crippen LogP contribution in [0.1, 0.15) is 48.4 Å². The minimum Gasteiger partial charge on any atom is -0.369 e. The molecule has 1 saturated heterocycles. The molecule has 6 nitrogen and oxygen atoms in total. The molecule has 0 saturated carbocycles. The molecule has 30 heavy (non-hydrogen) atoms. The van der Waals surface area contributed by atoms with E-state index in [1.54, 1.807) is 10.7 Å². The number of piperazine rings is 1. The molecule has 1 unspecified atom stereocenters. The Bertz CT molecular complexity index is 1010. The number of hydrogen-bond acceptors (Lipinski definition) is 5. The fourth-order valence-electron chi connectivity index (χ4n) is 4.23. The average Bonchev–Trinajstić information content (AvgIpc) is 3.22. The summed E-state index contributed by atoms with van der Waals surface area (Å²) in [4.78, 5) is 4.72. The Balaban J connectivity index is 1.64. The second kappa shape index (κ2) is 8.52. The molecular formula is C23H29FN6. The van der Waals surface area contributed by atoms with E-state index in [1.165, 1.54) is 22.9 Å². The monoisotopic (exact) mass is 408 g/mol. The van der Waals surface area contributed by atoms with Crippen molar-refractivity contribution in [2.24, 2.45) is 0 Å². The third kappa shape index (κ3) is 3.94. The molecule has 1 atom stereocenters. The second-order valence-corrected chi connectivity index (χ2v) is 8.31. The Hall–Kier alpha value is -2.80. The lowest BCUT2D eigenvalue weighted by molar-refractivity contribution is 0.195. The van der Waals surface area contributed by atoms with Crippen molar-refractivity contribution in [1.82, 2.24) is 25.1 Å². The molecule has 7 heteroatoms. The standard InChI is InChI=1S/C23H29FN6/c1-16(2)30-23(25-26-27-30)22(19-7-5-6-8-20(19)24)29-13-11-28(12-14-29)21-15-17(3)9-10-18(21)4/h5-10,15-16,22H,11-14H2,1-4H3. The molecule has 4 rings (SSSR count). The number of tetrazole rings is 1. The van der Waals surface area contributed by atoms with E-state index in [1.807, 2.05) is 26.0 Å². The third-order valence-corrected chi connectivity index (χ3v) is 5.84. The summed E-state index contributed by atoms with van der Waals surface area (Å²) in [5.41, 5.74) is 4.44. The first-order chi connectivity index (χ1) is 14.5. The lowest BCUT2D eigenvalue weighted by Gasteiger charge is -2.40. The molecule has 1 fully saturated rings. The summed E-state index contributed by atoms with van der Waals surface area (Å²) in [6.07, 6.45) is 0. The predicted molar refractivity (Wildman–Crippen MR) is 116 cm³/mol. The van der Waals surface area contributed by atoms with Crippen LogP contribution in [0.4, 0.5) is 10.1 Å². The van der Waals surface area contributed by atoms with Crippen molar-refractivity contribution in [3.8, 4) is 0 Å². The third-order valence-electron chi connectivity index (χ3n) is 5.84. The minimum absolute atomic E-state index is 0.0977. The van der Waals surface area contributed by atoms with Gasteiger partial charge in [-0.25, -0.2) is 9.07 Å². The summed E-state index contributed by atoms with van der Waals surface area (Å²) in [6, 6.07) is 13.3. The highest BCUT2D eigenvalue weighted by Gasteiger charge is 2.33. The van der Waals surface area contributed by atoms with Gasteiger partial charge in [0.25, 0.3) is 0 Å². The molecule has 0 amide bonds. The van der Waals surface area contributed by atoms with Crippen molar-refractivity contribution in [3.63, 3.8) is 0 Å². The topological polar surface area (TPSA) is 50.1 Å². The fraction of sp³-hybridized carbons (Fsp3) is 0.435. The largest absolute Gasteiger partial charge is 0.369 e. The fourth-order valence-corrected chi connectivity index (χ4v) is 4.23. The zero-order valence-corrected chi connectivity index (χ0v) is 18.1. The van der Waals surface area contributed by atoms with Crippen LogP contribution in [0, 0.1) is 19.7 Å². The van der Waals surface area contributed by atoms with E-state index in [0.717, 1.165) is 26.2 Å². The van der Waals surface area contributed by atoms with Crippen LogP contribution >= 0.6 is 0 Å². The van der Waals surface area contributed by atoms with Crippen molar-refractivity contribution in [2.75, 3.05) is 31.1 Å². The lowest BCUT2D eigenvalue weighted by atomic mass is 10.0. The van der Waals surface area contributed by atoms with Gasteiger partial charge in [-0.15, -0.1) is 5.10 Å². The number of rotatable bonds is 5. The van der Waals surface area contributed by atoms with E-state index < -0.39 is 0 Å². The number of aromatic nitrogens is 4. The highest BCUT2D eigenvalue weighted by molar-refractivity contribution is 5.55. The van der Waals surface area contributed by atoms with Crippen LogP contribution in [0.3, 0.4) is 0 Å². The van der Waals surface area contributed by atoms with Gasteiger partial charge in [-0.05, 0) is 61.4 Å². The quantitative estimate of drug-likeness (QED) is 0.640. The summed E-state index contributed by atoms with van der Waals surface area (Å²) in [5.74, 6) is 0.466. The van der Waals surface area contributed by atoms with Gasteiger partial charge in [0.05, 0.1) is 6.04 Å². The maximum atomic E-state index is 14.8. The van der Waals surface area contributed by atoms with E-state index in [-0.39, 0.29) is 17.9 Å². The number of anilines is 1. The molecule has 0 spiro atoms. The smallest absolute Gasteiger partial charge is 0.173 e. The number of halogens is 1. The van der Waals surface area contributed by atoms with Gasteiger partial charge in [0, 0.05) is 37.4 Å². The van der Waals surface area contributed by atoms with E-state index in [2.05, 4.69) is 57.4 Å². The highest BCUT2D eigenvalue weighted by atomic mass is 19.1. The van der Waals surface area contributed by atoms with Gasteiger partial charge < -0.3 is 4.90 Å². The van der Waals surface area contributed by atoms with Crippen LogP contribution in [0.25, 0.3) is 0 Å². The van der Waals surface area contributed by atoms with Crippen LogP contribution in [0.15, 0.2) is 42.5 Å². The van der Waals surface area contributed by atoms with Gasteiger partial charge in [0.2, 0.25) is 0 Å². The van der Waals surface area contributed by atoms with Crippen molar-refractivity contribution >= 4 is 5.69 Å². The molecule has 2 aromatic carbocycles. The normalized spacial score (nSPS) is 16.3. The molecular weight excluding hydrogens is 379 g/mol. The Kier molecular flexibility index (Phi) is 5.81. The molecule has 1 aliphatic heterocycles. The molecule has 1 aliphatic rings. The number of hydrogen-bond donors (Lipinski definition) is 0. The molecule has 158 valence electrons. The van der Waals surface area contributed by atoms with E-state index in [9.17, 15) is 4.39 Å².